The number of nitrogens with one attached hydrogen (secondary N) is 1. The summed E-state index contributed by atoms with van der Waals surface area (Å²) in [6.07, 6.45) is 2.07. The Hall–Kier alpha value is -1.57. The summed E-state index contributed by atoms with van der Waals surface area (Å²) < 4.78 is 0. The SMILES string of the molecule is C/C=C(\C)c1ccc2cc(C)[nH]c2n1. The minimum atomic E-state index is 0.973. The zero-order valence-corrected chi connectivity index (χ0v) is 8.76. The van der Waals surface area contributed by atoms with Crippen LogP contribution in [0.15, 0.2) is 24.3 Å². The second-order valence-corrected chi connectivity index (χ2v) is 3.56. The normalized spacial score (nSPS) is 12.4. The number of hydrogen-bond acceptors (Lipinski definition) is 1. The third-order valence-electron chi connectivity index (χ3n) is 2.45. The van der Waals surface area contributed by atoms with E-state index in [-0.39, 0.29) is 0 Å². The number of aromatic nitrogens is 2. The minimum absolute atomic E-state index is 0.973. The van der Waals surface area contributed by atoms with E-state index in [1.165, 1.54) is 11.0 Å². The van der Waals surface area contributed by atoms with E-state index in [2.05, 4.69) is 41.2 Å². The Morgan fingerprint density at radius 2 is 2.21 bits per heavy atom. The van der Waals surface area contributed by atoms with Crippen molar-refractivity contribution >= 4 is 16.6 Å². The van der Waals surface area contributed by atoms with Gasteiger partial charge < -0.3 is 4.98 Å². The molecule has 0 aliphatic heterocycles. The van der Waals surface area contributed by atoms with Gasteiger partial charge in [-0.05, 0) is 44.5 Å². The van der Waals surface area contributed by atoms with E-state index in [0.717, 1.165) is 17.0 Å². The second-order valence-electron chi connectivity index (χ2n) is 3.56. The smallest absolute Gasteiger partial charge is 0.138 e. The van der Waals surface area contributed by atoms with Gasteiger partial charge in [0.2, 0.25) is 0 Å². The fraction of sp³-hybridized carbons (Fsp3) is 0.250. The van der Waals surface area contributed by atoms with Gasteiger partial charge in [-0.3, -0.25) is 0 Å². The molecule has 2 nitrogen and oxygen atoms in total. The third-order valence-corrected chi connectivity index (χ3v) is 2.45. The summed E-state index contributed by atoms with van der Waals surface area (Å²) in [4.78, 5) is 7.78. The highest BCUT2D eigenvalue weighted by atomic mass is 14.9. The molecule has 0 fully saturated rings. The van der Waals surface area contributed by atoms with Crippen LogP contribution in [0.5, 0.6) is 0 Å². The van der Waals surface area contributed by atoms with Crippen LogP contribution in [0.2, 0.25) is 0 Å². The number of nitrogens with zero attached hydrogens (tertiary/aromatic N) is 1. The Kier molecular flexibility index (Phi) is 2.12. The van der Waals surface area contributed by atoms with Crippen LogP contribution >= 0.6 is 0 Å². The van der Waals surface area contributed by atoms with Crippen LogP contribution in [0.4, 0.5) is 0 Å². The topological polar surface area (TPSA) is 28.7 Å². The molecule has 1 N–H and O–H groups in total. The molecule has 0 bridgehead atoms. The van der Waals surface area contributed by atoms with Crippen molar-refractivity contribution < 1.29 is 0 Å². The molecule has 14 heavy (non-hydrogen) atoms. The third kappa shape index (κ3) is 1.43. The van der Waals surface area contributed by atoms with Crippen LogP contribution < -0.4 is 0 Å². The van der Waals surface area contributed by atoms with E-state index in [0.29, 0.717) is 0 Å². The average molecular weight is 186 g/mol. The number of pyridine rings is 1. The lowest BCUT2D eigenvalue weighted by Crippen LogP contribution is -1.86. The lowest BCUT2D eigenvalue weighted by molar-refractivity contribution is 1.23. The molecule has 0 unspecified atom stereocenters. The lowest BCUT2D eigenvalue weighted by atomic mass is 10.2. The Bertz CT molecular complexity index is 492. The number of aryl methyl sites for hydroxylation is 1. The van der Waals surface area contributed by atoms with Gasteiger partial charge in [0, 0.05) is 11.1 Å². The quantitative estimate of drug-likeness (QED) is 0.727. The summed E-state index contributed by atoms with van der Waals surface area (Å²) in [7, 11) is 0. The van der Waals surface area contributed by atoms with Crippen molar-refractivity contribution in [1.29, 1.82) is 0 Å². The second kappa shape index (κ2) is 3.29. The van der Waals surface area contributed by atoms with E-state index in [1.807, 2.05) is 13.8 Å². The molecule has 0 aliphatic carbocycles. The van der Waals surface area contributed by atoms with Gasteiger partial charge in [-0.1, -0.05) is 6.08 Å². The first-order valence-corrected chi connectivity index (χ1v) is 4.80. The van der Waals surface area contributed by atoms with E-state index in [4.69, 9.17) is 0 Å². The molecule has 72 valence electrons. The molecule has 2 aromatic rings. The van der Waals surface area contributed by atoms with Gasteiger partial charge >= 0.3 is 0 Å². The van der Waals surface area contributed by atoms with Gasteiger partial charge in [0.1, 0.15) is 5.65 Å². The maximum absolute atomic E-state index is 4.54. The summed E-state index contributed by atoms with van der Waals surface area (Å²) in [5.74, 6) is 0. The van der Waals surface area contributed by atoms with Gasteiger partial charge in [-0.15, -0.1) is 0 Å². The van der Waals surface area contributed by atoms with Gasteiger partial charge in [-0.25, -0.2) is 4.98 Å². The Labute approximate surface area is 83.7 Å². The number of aromatic amines is 1. The summed E-state index contributed by atoms with van der Waals surface area (Å²) in [6.45, 7) is 6.15. The molecule has 0 saturated carbocycles. The van der Waals surface area contributed by atoms with Crippen LogP contribution in [0.25, 0.3) is 16.6 Å². The molecular formula is C12H14N2. The molecule has 2 rings (SSSR count). The molecular weight excluding hydrogens is 172 g/mol. The van der Waals surface area contributed by atoms with Crippen molar-refractivity contribution in [2.24, 2.45) is 0 Å². The predicted molar refractivity (Wildman–Crippen MR) is 60.2 cm³/mol. The number of fused-ring (bicyclic) bond motifs is 1. The standard InChI is InChI=1S/C12H14N2/c1-4-8(2)11-6-5-10-7-9(3)13-12(10)14-11/h4-7H,1-3H3,(H,13,14)/b8-4+. The highest BCUT2D eigenvalue weighted by Gasteiger charge is 2.01. The van der Waals surface area contributed by atoms with Crippen molar-refractivity contribution in [1.82, 2.24) is 9.97 Å². The molecule has 2 aromatic heterocycles. The molecule has 0 spiro atoms. The van der Waals surface area contributed by atoms with E-state index in [9.17, 15) is 0 Å². The number of allylic oxidation sites excluding steroid dienone is 2. The summed E-state index contributed by atoms with van der Waals surface area (Å²) in [5.41, 5.74) is 4.38. The first kappa shape index (κ1) is 9.00. The summed E-state index contributed by atoms with van der Waals surface area (Å²) in [6, 6.07) is 6.27. The average Bonchev–Trinajstić information content (AvgIpc) is 2.55. The van der Waals surface area contributed by atoms with Crippen molar-refractivity contribution in [2.45, 2.75) is 20.8 Å². The van der Waals surface area contributed by atoms with Crippen molar-refractivity contribution in [3.05, 3.63) is 35.7 Å². The van der Waals surface area contributed by atoms with E-state index in [1.54, 1.807) is 0 Å². The van der Waals surface area contributed by atoms with Crippen LogP contribution in [-0.4, -0.2) is 9.97 Å². The maximum atomic E-state index is 4.54. The van der Waals surface area contributed by atoms with Crippen LogP contribution in [0.1, 0.15) is 25.2 Å². The number of H-pyrrole nitrogens is 1. The van der Waals surface area contributed by atoms with Crippen LogP contribution in [0.3, 0.4) is 0 Å². The zero-order chi connectivity index (χ0) is 10.1. The largest absolute Gasteiger partial charge is 0.344 e. The monoisotopic (exact) mass is 186 g/mol. The minimum Gasteiger partial charge on any atom is -0.344 e. The predicted octanol–water partition coefficient (Wildman–Crippen LogP) is 3.29. The molecule has 2 heterocycles. The van der Waals surface area contributed by atoms with E-state index < -0.39 is 0 Å². The fourth-order valence-corrected chi connectivity index (χ4v) is 1.51. The molecule has 0 amide bonds. The molecule has 0 aromatic carbocycles. The maximum Gasteiger partial charge on any atom is 0.138 e. The van der Waals surface area contributed by atoms with Crippen molar-refractivity contribution in [3.63, 3.8) is 0 Å². The molecule has 0 radical (unpaired) electrons. The van der Waals surface area contributed by atoms with Crippen molar-refractivity contribution in [3.8, 4) is 0 Å². The van der Waals surface area contributed by atoms with Gasteiger partial charge in [0.25, 0.3) is 0 Å². The summed E-state index contributed by atoms with van der Waals surface area (Å²) >= 11 is 0. The lowest BCUT2D eigenvalue weighted by Gasteiger charge is -1.98. The summed E-state index contributed by atoms with van der Waals surface area (Å²) in [5, 5.41) is 1.18. The first-order chi connectivity index (χ1) is 6.70. The fourth-order valence-electron chi connectivity index (χ4n) is 1.51. The zero-order valence-electron chi connectivity index (χ0n) is 8.76. The Balaban J connectivity index is 2.61. The Morgan fingerprint density at radius 3 is 2.93 bits per heavy atom. The van der Waals surface area contributed by atoms with E-state index >= 15 is 0 Å². The first-order valence-electron chi connectivity index (χ1n) is 4.80. The number of hydrogen-bond donors (Lipinski definition) is 1. The Morgan fingerprint density at radius 1 is 1.43 bits per heavy atom. The molecule has 2 heteroatoms. The highest BCUT2D eigenvalue weighted by Crippen LogP contribution is 2.17. The van der Waals surface area contributed by atoms with Crippen LogP contribution in [-0.2, 0) is 0 Å². The van der Waals surface area contributed by atoms with Gasteiger partial charge in [0.15, 0.2) is 0 Å². The molecule has 0 saturated heterocycles. The molecule has 0 aliphatic rings. The van der Waals surface area contributed by atoms with Gasteiger partial charge in [0.05, 0.1) is 5.69 Å². The van der Waals surface area contributed by atoms with Crippen LogP contribution in [0, 0.1) is 6.92 Å². The number of rotatable bonds is 1. The van der Waals surface area contributed by atoms with Crippen molar-refractivity contribution in [2.75, 3.05) is 0 Å². The molecule has 0 atom stereocenters. The van der Waals surface area contributed by atoms with Gasteiger partial charge in [-0.2, -0.15) is 0 Å². The highest BCUT2D eigenvalue weighted by molar-refractivity contribution is 5.79.